The summed E-state index contributed by atoms with van der Waals surface area (Å²) in [7, 11) is 0. The molecular weight excluding hydrogens is 520 g/mol. The maximum absolute atomic E-state index is 11.8. The van der Waals surface area contributed by atoms with Gasteiger partial charge in [-0.05, 0) is 56.7 Å². The summed E-state index contributed by atoms with van der Waals surface area (Å²) in [5.41, 5.74) is 5.05. The molecule has 0 amide bonds. The number of hydrogen-bond donors (Lipinski definition) is 2. The van der Waals surface area contributed by atoms with Crippen LogP contribution >= 0.6 is 11.6 Å². The van der Waals surface area contributed by atoms with Crippen molar-refractivity contribution >= 4 is 39.8 Å². The van der Waals surface area contributed by atoms with Crippen molar-refractivity contribution in [3.05, 3.63) is 82.7 Å². The van der Waals surface area contributed by atoms with Gasteiger partial charge in [0.1, 0.15) is 17.3 Å². The summed E-state index contributed by atoms with van der Waals surface area (Å²) in [4.78, 5) is 25.1. The highest BCUT2D eigenvalue weighted by Crippen LogP contribution is 2.33. The Morgan fingerprint density at radius 2 is 1.82 bits per heavy atom. The van der Waals surface area contributed by atoms with E-state index < -0.39 is 5.97 Å². The lowest BCUT2D eigenvalue weighted by Gasteiger charge is -2.20. The highest BCUT2D eigenvalue weighted by atomic mass is 35.5. The highest BCUT2D eigenvalue weighted by Gasteiger charge is 2.21. The number of rotatable bonds is 6. The van der Waals surface area contributed by atoms with E-state index in [0.717, 1.165) is 27.6 Å². The molecule has 0 spiro atoms. The molecule has 2 N–H and O–H groups in total. The first-order valence-corrected chi connectivity index (χ1v) is 12.4. The number of carbonyl (C=O) groups is 1. The highest BCUT2D eigenvalue weighted by molar-refractivity contribution is 6.29. The number of fused-ring (bicyclic) bond motifs is 3. The van der Waals surface area contributed by atoms with Crippen molar-refractivity contribution in [3.8, 4) is 22.8 Å². The van der Waals surface area contributed by atoms with Crippen LogP contribution in [-0.4, -0.2) is 45.8 Å². The molecule has 0 unspecified atom stereocenters. The quantitative estimate of drug-likeness (QED) is 0.258. The van der Waals surface area contributed by atoms with E-state index in [9.17, 15) is 9.90 Å². The van der Waals surface area contributed by atoms with Crippen LogP contribution in [0.15, 0.2) is 59.4 Å². The van der Waals surface area contributed by atoms with Gasteiger partial charge < -0.3 is 14.9 Å². The van der Waals surface area contributed by atoms with Gasteiger partial charge in [0, 0.05) is 22.1 Å². The van der Waals surface area contributed by atoms with Crippen molar-refractivity contribution in [1.29, 1.82) is 0 Å². The molecule has 0 aliphatic carbocycles. The summed E-state index contributed by atoms with van der Waals surface area (Å²) in [6, 6.07) is 14.5. The molecule has 6 rings (SSSR count). The van der Waals surface area contributed by atoms with Gasteiger partial charge in [-0.2, -0.15) is 4.98 Å². The lowest BCUT2D eigenvalue weighted by Crippen LogP contribution is -2.13. The second-order valence-corrected chi connectivity index (χ2v) is 9.52. The van der Waals surface area contributed by atoms with Gasteiger partial charge >= 0.3 is 5.97 Å². The van der Waals surface area contributed by atoms with Gasteiger partial charge in [0.2, 0.25) is 0 Å². The number of nitrogens with one attached hydrogen (secondary N) is 1. The van der Waals surface area contributed by atoms with Gasteiger partial charge in [0.25, 0.3) is 5.89 Å². The summed E-state index contributed by atoms with van der Waals surface area (Å²) in [5.74, 6) is 0.473. The Labute approximate surface area is 226 Å². The van der Waals surface area contributed by atoms with Crippen LogP contribution in [0.3, 0.4) is 0 Å². The van der Waals surface area contributed by atoms with Gasteiger partial charge in [-0.15, -0.1) is 10.2 Å². The minimum absolute atomic E-state index is 0.104. The molecule has 194 valence electrons. The summed E-state index contributed by atoms with van der Waals surface area (Å²) in [5, 5.41) is 26.2. The van der Waals surface area contributed by atoms with E-state index in [0.29, 0.717) is 34.4 Å². The van der Waals surface area contributed by atoms with Crippen LogP contribution in [-0.2, 0) is 0 Å². The largest absolute Gasteiger partial charge is 0.476 e. The zero-order valence-electron chi connectivity index (χ0n) is 21.0. The number of halogens is 1. The monoisotopic (exact) mass is 540 g/mol. The van der Waals surface area contributed by atoms with E-state index in [2.05, 4.69) is 30.6 Å². The number of carboxylic acids is 1. The average molecular weight is 541 g/mol. The third-order valence-electron chi connectivity index (χ3n) is 6.34. The van der Waals surface area contributed by atoms with E-state index in [1.54, 1.807) is 25.4 Å². The molecule has 2 aromatic carbocycles. The Balaban J connectivity index is 1.47. The molecule has 39 heavy (non-hydrogen) atoms. The molecule has 0 radical (unpaired) electrons. The standard InChI is InChI=1S/C27H21ClN8O3/c1-13-10-18(14(2)30-20-8-9-21(28)32-23(20)27(37)38)22-19(11-13)25-34-29-12-36(25)24(33-22)16-4-6-17(7-5-16)26-31-15(3)35-39-26/h4-12,14,30H,1-3H3,(H,37,38)/t14-/m1/s1. The number of hydrogen-bond acceptors (Lipinski definition) is 9. The van der Waals surface area contributed by atoms with E-state index in [1.165, 1.54) is 0 Å². The predicted molar refractivity (Wildman–Crippen MR) is 145 cm³/mol. The third kappa shape index (κ3) is 4.42. The molecule has 0 fully saturated rings. The SMILES string of the molecule is Cc1cc([C@@H](C)Nc2ccc(Cl)nc2C(=O)O)c2nc(-c3ccc(-c4nc(C)no4)cc3)n3cnnc3c2c1. The normalized spacial score (nSPS) is 12.2. The number of aromatic nitrogens is 7. The van der Waals surface area contributed by atoms with Crippen molar-refractivity contribution in [2.45, 2.75) is 26.8 Å². The minimum atomic E-state index is -1.17. The lowest BCUT2D eigenvalue weighted by atomic mass is 10.00. The molecule has 4 aromatic heterocycles. The van der Waals surface area contributed by atoms with Gasteiger partial charge in [-0.25, -0.2) is 14.8 Å². The number of carboxylic acid groups (broad SMARTS) is 1. The second kappa shape index (κ2) is 9.44. The Morgan fingerprint density at radius 1 is 1.05 bits per heavy atom. The van der Waals surface area contributed by atoms with Crippen LogP contribution in [0.1, 0.15) is 40.4 Å². The van der Waals surface area contributed by atoms with Crippen molar-refractivity contribution in [3.63, 3.8) is 0 Å². The molecule has 1 atom stereocenters. The van der Waals surface area contributed by atoms with Crippen LogP contribution in [0.25, 0.3) is 39.4 Å². The molecule has 6 aromatic rings. The first kappa shape index (κ1) is 24.4. The fraction of sp³-hybridized carbons (Fsp3) is 0.148. The van der Waals surface area contributed by atoms with Crippen molar-refractivity contribution in [2.24, 2.45) is 0 Å². The summed E-state index contributed by atoms with van der Waals surface area (Å²) >= 11 is 5.94. The van der Waals surface area contributed by atoms with E-state index in [4.69, 9.17) is 21.1 Å². The fourth-order valence-corrected chi connectivity index (χ4v) is 4.72. The predicted octanol–water partition coefficient (Wildman–Crippen LogP) is 5.53. The molecular formula is C27H21ClN8O3. The lowest BCUT2D eigenvalue weighted by molar-refractivity contribution is 0.0691. The zero-order valence-corrected chi connectivity index (χ0v) is 21.8. The minimum Gasteiger partial charge on any atom is -0.476 e. The average Bonchev–Trinajstić information content (AvgIpc) is 3.58. The van der Waals surface area contributed by atoms with Crippen molar-refractivity contribution in [1.82, 2.24) is 34.7 Å². The molecule has 0 aliphatic rings. The van der Waals surface area contributed by atoms with Crippen LogP contribution in [0.4, 0.5) is 5.69 Å². The van der Waals surface area contributed by atoms with Crippen molar-refractivity contribution in [2.75, 3.05) is 5.32 Å². The third-order valence-corrected chi connectivity index (χ3v) is 6.55. The van der Waals surface area contributed by atoms with Gasteiger partial charge in [0.15, 0.2) is 17.2 Å². The first-order valence-electron chi connectivity index (χ1n) is 12.0. The second-order valence-electron chi connectivity index (χ2n) is 9.14. The maximum Gasteiger partial charge on any atom is 0.356 e. The molecule has 11 nitrogen and oxygen atoms in total. The molecule has 0 saturated heterocycles. The summed E-state index contributed by atoms with van der Waals surface area (Å²) in [6.07, 6.45) is 1.63. The fourth-order valence-electron chi connectivity index (χ4n) is 4.57. The topological polar surface area (TPSA) is 144 Å². The Bertz CT molecular complexity index is 1880. The maximum atomic E-state index is 11.8. The number of pyridine rings is 1. The van der Waals surface area contributed by atoms with Crippen LogP contribution < -0.4 is 5.32 Å². The van der Waals surface area contributed by atoms with Crippen LogP contribution in [0.5, 0.6) is 0 Å². The van der Waals surface area contributed by atoms with Crippen LogP contribution in [0.2, 0.25) is 5.15 Å². The number of nitrogens with zero attached hydrogens (tertiary/aromatic N) is 7. The van der Waals surface area contributed by atoms with E-state index in [1.807, 2.05) is 54.6 Å². The number of benzene rings is 2. The van der Waals surface area contributed by atoms with E-state index in [-0.39, 0.29) is 16.9 Å². The molecule has 0 aliphatic heterocycles. The smallest absolute Gasteiger partial charge is 0.356 e. The van der Waals surface area contributed by atoms with Crippen LogP contribution in [0, 0.1) is 13.8 Å². The molecule has 0 bridgehead atoms. The molecule has 0 saturated carbocycles. The van der Waals surface area contributed by atoms with Gasteiger partial charge in [-0.1, -0.05) is 35.0 Å². The number of aryl methyl sites for hydroxylation is 2. The number of aromatic carboxylic acids is 1. The molecule has 4 heterocycles. The van der Waals surface area contributed by atoms with Crippen molar-refractivity contribution < 1.29 is 14.4 Å². The molecule has 12 heteroatoms. The van der Waals surface area contributed by atoms with E-state index >= 15 is 0 Å². The zero-order chi connectivity index (χ0) is 27.3. The summed E-state index contributed by atoms with van der Waals surface area (Å²) < 4.78 is 7.13. The summed E-state index contributed by atoms with van der Waals surface area (Å²) in [6.45, 7) is 5.69. The Morgan fingerprint density at radius 3 is 2.54 bits per heavy atom. The Kier molecular flexibility index (Phi) is 5.92. The van der Waals surface area contributed by atoms with Gasteiger partial charge in [0.05, 0.1) is 17.2 Å². The van der Waals surface area contributed by atoms with Gasteiger partial charge in [-0.3, -0.25) is 4.40 Å². The first-order chi connectivity index (χ1) is 18.8. The number of anilines is 1. The Hall–Kier alpha value is -4.90.